The summed E-state index contributed by atoms with van der Waals surface area (Å²) in [5.41, 5.74) is 3.22. The molecule has 0 aliphatic heterocycles. The summed E-state index contributed by atoms with van der Waals surface area (Å²) in [6.07, 6.45) is 0.993. The summed E-state index contributed by atoms with van der Waals surface area (Å²) in [5, 5.41) is 3.37. The summed E-state index contributed by atoms with van der Waals surface area (Å²) in [6, 6.07) is 18.0. The molecule has 0 radical (unpaired) electrons. The predicted octanol–water partition coefficient (Wildman–Crippen LogP) is 4.17. The zero-order valence-corrected chi connectivity index (χ0v) is 13.0. The highest BCUT2D eigenvalue weighted by Gasteiger charge is 2.17. The molecule has 0 aromatic heterocycles. The number of carbonyl (C=O) groups excluding carboxylic acids is 1. The largest absolute Gasteiger partial charge is 0.301 e. The average Bonchev–Trinajstić information content (AvgIpc) is 2.55. The van der Waals surface area contributed by atoms with Gasteiger partial charge in [0.1, 0.15) is 0 Å². The minimum Gasteiger partial charge on any atom is -0.301 e. The van der Waals surface area contributed by atoms with E-state index in [-0.39, 0.29) is 17.9 Å². The summed E-state index contributed by atoms with van der Waals surface area (Å²) >= 11 is 0. The van der Waals surface area contributed by atoms with Crippen molar-refractivity contribution < 1.29 is 4.79 Å². The van der Waals surface area contributed by atoms with Gasteiger partial charge in [0.2, 0.25) is 0 Å². The highest BCUT2D eigenvalue weighted by atomic mass is 16.1. The molecule has 0 saturated carbocycles. The fourth-order valence-corrected chi connectivity index (χ4v) is 2.44. The summed E-state index contributed by atoms with van der Waals surface area (Å²) < 4.78 is 0. The van der Waals surface area contributed by atoms with Crippen LogP contribution in [-0.2, 0) is 6.42 Å². The van der Waals surface area contributed by atoms with E-state index in [1.807, 2.05) is 49.4 Å². The molecular formula is C19H23NO. The van der Waals surface area contributed by atoms with Crippen molar-refractivity contribution in [3.8, 4) is 0 Å². The number of aryl methyl sites for hydroxylation is 1. The first-order chi connectivity index (χ1) is 10.1. The maximum atomic E-state index is 12.4. The highest BCUT2D eigenvalue weighted by Crippen LogP contribution is 2.14. The van der Waals surface area contributed by atoms with Crippen LogP contribution in [0.25, 0.3) is 0 Å². The van der Waals surface area contributed by atoms with E-state index in [1.54, 1.807) is 0 Å². The summed E-state index contributed by atoms with van der Waals surface area (Å²) in [5.74, 6) is 0.139. The van der Waals surface area contributed by atoms with Gasteiger partial charge < -0.3 is 5.32 Å². The van der Waals surface area contributed by atoms with Crippen LogP contribution in [0.5, 0.6) is 0 Å². The first-order valence-corrected chi connectivity index (χ1v) is 7.56. The van der Waals surface area contributed by atoms with Gasteiger partial charge in [-0.15, -0.1) is 0 Å². The molecule has 2 nitrogen and oxygen atoms in total. The Hall–Kier alpha value is -1.93. The molecule has 2 unspecified atom stereocenters. The second kappa shape index (κ2) is 7.19. The Balaban J connectivity index is 2.02. The third-order valence-electron chi connectivity index (χ3n) is 3.84. The monoisotopic (exact) mass is 281 g/mol. The van der Waals surface area contributed by atoms with Crippen molar-refractivity contribution in [2.24, 2.45) is 0 Å². The molecule has 0 saturated heterocycles. The minimum absolute atomic E-state index is 0.139. The van der Waals surface area contributed by atoms with E-state index >= 15 is 0 Å². The molecule has 0 spiro atoms. The fourth-order valence-electron chi connectivity index (χ4n) is 2.44. The fraction of sp³-hybridized carbons (Fsp3) is 0.316. The molecule has 0 aliphatic rings. The van der Waals surface area contributed by atoms with Crippen LogP contribution in [0.15, 0.2) is 54.6 Å². The molecular weight excluding hydrogens is 258 g/mol. The summed E-state index contributed by atoms with van der Waals surface area (Å²) in [4.78, 5) is 12.4. The van der Waals surface area contributed by atoms with Crippen LogP contribution < -0.4 is 5.32 Å². The van der Waals surface area contributed by atoms with E-state index in [0.29, 0.717) is 0 Å². The lowest BCUT2D eigenvalue weighted by atomic mass is 10.0. The first kappa shape index (κ1) is 15.5. The van der Waals surface area contributed by atoms with Crippen molar-refractivity contribution in [3.05, 3.63) is 71.3 Å². The summed E-state index contributed by atoms with van der Waals surface area (Å²) in [6.45, 7) is 6.12. The van der Waals surface area contributed by atoms with Crippen LogP contribution in [0, 0.1) is 0 Å². The predicted molar refractivity (Wildman–Crippen MR) is 87.6 cm³/mol. The van der Waals surface area contributed by atoms with Crippen molar-refractivity contribution in [1.29, 1.82) is 0 Å². The molecule has 110 valence electrons. The lowest BCUT2D eigenvalue weighted by Crippen LogP contribution is -2.35. The molecule has 0 bridgehead atoms. The van der Waals surface area contributed by atoms with E-state index in [0.717, 1.165) is 12.0 Å². The lowest BCUT2D eigenvalue weighted by molar-refractivity contribution is 0.0945. The van der Waals surface area contributed by atoms with Crippen molar-refractivity contribution in [2.75, 3.05) is 0 Å². The molecule has 0 amide bonds. The number of Topliss-reactive ketones (excluding diaryl/α,β-unsaturated/α-hetero) is 1. The molecule has 2 atom stereocenters. The Labute approximate surface area is 127 Å². The van der Waals surface area contributed by atoms with Crippen molar-refractivity contribution >= 4 is 5.78 Å². The number of hydrogen-bond acceptors (Lipinski definition) is 2. The lowest BCUT2D eigenvalue weighted by Gasteiger charge is -2.19. The number of benzene rings is 2. The highest BCUT2D eigenvalue weighted by molar-refractivity contribution is 5.99. The van der Waals surface area contributed by atoms with E-state index in [2.05, 4.69) is 31.3 Å². The first-order valence-electron chi connectivity index (χ1n) is 7.56. The van der Waals surface area contributed by atoms with Gasteiger partial charge in [0, 0.05) is 11.6 Å². The van der Waals surface area contributed by atoms with E-state index in [4.69, 9.17) is 0 Å². The van der Waals surface area contributed by atoms with Crippen LogP contribution >= 0.6 is 0 Å². The SMILES string of the molecule is CCc1ccc(C(=O)C(C)NC(C)c2ccccc2)cc1. The zero-order chi connectivity index (χ0) is 15.2. The topological polar surface area (TPSA) is 29.1 Å². The Kier molecular flexibility index (Phi) is 5.29. The maximum Gasteiger partial charge on any atom is 0.179 e. The zero-order valence-electron chi connectivity index (χ0n) is 13.0. The van der Waals surface area contributed by atoms with Crippen LogP contribution in [0.2, 0.25) is 0 Å². The quantitative estimate of drug-likeness (QED) is 0.805. The van der Waals surface area contributed by atoms with Gasteiger partial charge in [-0.3, -0.25) is 4.79 Å². The van der Waals surface area contributed by atoms with E-state index in [1.165, 1.54) is 11.1 Å². The number of rotatable bonds is 6. The van der Waals surface area contributed by atoms with Gasteiger partial charge in [-0.2, -0.15) is 0 Å². The smallest absolute Gasteiger partial charge is 0.179 e. The maximum absolute atomic E-state index is 12.4. The van der Waals surface area contributed by atoms with Gasteiger partial charge in [-0.1, -0.05) is 61.5 Å². The minimum atomic E-state index is -0.201. The molecule has 2 aromatic rings. The van der Waals surface area contributed by atoms with Gasteiger partial charge in [-0.05, 0) is 31.4 Å². The standard InChI is InChI=1S/C19H23NO/c1-4-16-10-12-18(13-11-16)19(21)15(3)20-14(2)17-8-6-5-7-9-17/h5-15,20H,4H2,1-3H3. The van der Waals surface area contributed by atoms with E-state index < -0.39 is 0 Å². The number of nitrogens with one attached hydrogen (secondary N) is 1. The van der Waals surface area contributed by atoms with Crippen LogP contribution in [0.4, 0.5) is 0 Å². The third kappa shape index (κ3) is 4.02. The second-order valence-corrected chi connectivity index (χ2v) is 5.44. The molecule has 2 heteroatoms. The van der Waals surface area contributed by atoms with Crippen LogP contribution in [0.3, 0.4) is 0 Å². The molecule has 2 aromatic carbocycles. The van der Waals surface area contributed by atoms with Crippen LogP contribution in [0.1, 0.15) is 48.3 Å². The van der Waals surface area contributed by atoms with Crippen molar-refractivity contribution in [2.45, 2.75) is 39.3 Å². The Bertz CT molecular complexity index is 574. The number of carbonyl (C=O) groups is 1. The third-order valence-corrected chi connectivity index (χ3v) is 3.84. The Morgan fingerprint density at radius 3 is 2.19 bits per heavy atom. The molecule has 1 N–H and O–H groups in total. The van der Waals surface area contributed by atoms with Gasteiger partial charge >= 0.3 is 0 Å². The van der Waals surface area contributed by atoms with Gasteiger partial charge in [0.25, 0.3) is 0 Å². The van der Waals surface area contributed by atoms with E-state index in [9.17, 15) is 4.79 Å². The molecule has 0 aliphatic carbocycles. The van der Waals surface area contributed by atoms with Crippen molar-refractivity contribution in [3.63, 3.8) is 0 Å². The normalized spacial score (nSPS) is 13.7. The van der Waals surface area contributed by atoms with Gasteiger partial charge in [0.05, 0.1) is 6.04 Å². The Morgan fingerprint density at radius 1 is 1.00 bits per heavy atom. The summed E-state index contributed by atoms with van der Waals surface area (Å²) in [7, 11) is 0. The molecule has 2 rings (SSSR count). The number of ketones is 1. The van der Waals surface area contributed by atoms with Gasteiger partial charge in [-0.25, -0.2) is 0 Å². The number of hydrogen-bond donors (Lipinski definition) is 1. The van der Waals surface area contributed by atoms with Crippen LogP contribution in [-0.4, -0.2) is 11.8 Å². The molecule has 21 heavy (non-hydrogen) atoms. The second-order valence-electron chi connectivity index (χ2n) is 5.44. The molecule has 0 heterocycles. The average molecular weight is 281 g/mol. The van der Waals surface area contributed by atoms with Gasteiger partial charge in [0.15, 0.2) is 5.78 Å². The van der Waals surface area contributed by atoms with Crippen molar-refractivity contribution in [1.82, 2.24) is 5.32 Å². The molecule has 0 fully saturated rings. The Morgan fingerprint density at radius 2 is 1.62 bits per heavy atom.